The van der Waals surface area contributed by atoms with E-state index in [1.165, 1.54) is 0 Å². The van der Waals surface area contributed by atoms with Crippen LogP contribution in [0.5, 0.6) is 5.75 Å². The van der Waals surface area contributed by atoms with Crippen LogP contribution in [-0.4, -0.2) is 22.5 Å². The van der Waals surface area contributed by atoms with Crippen molar-refractivity contribution in [1.82, 2.24) is 9.61 Å². The monoisotopic (exact) mass is 266 g/mol. The van der Waals surface area contributed by atoms with Gasteiger partial charge in [-0.15, -0.1) is 0 Å². The highest BCUT2D eigenvalue weighted by Gasteiger charge is 2.14. The number of benzene rings is 1. The quantitative estimate of drug-likeness (QED) is 0.685. The van der Waals surface area contributed by atoms with Gasteiger partial charge in [0.25, 0.3) is 0 Å². The standard InChI is InChI=1S/C16H14N2O2/c1-11-7-8-18-15(9-11)14(10-17-18)16(19)12-3-5-13(20-2)6-4-12/h3-10H,1-2H3. The molecule has 3 aromatic rings. The van der Waals surface area contributed by atoms with Gasteiger partial charge in [-0.2, -0.15) is 5.10 Å². The maximum atomic E-state index is 12.5. The lowest BCUT2D eigenvalue weighted by Crippen LogP contribution is -2.01. The van der Waals surface area contributed by atoms with Gasteiger partial charge in [0.15, 0.2) is 5.78 Å². The van der Waals surface area contributed by atoms with Crippen LogP contribution in [0, 0.1) is 6.92 Å². The van der Waals surface area contributed by atoms with E-state index in [0.29, 0.717) is 11.1 Å². The Morgan fingerprint density at radius 2 is 1.95 bits per heavy atom. The highest BCUT2D eigenvalue weighted by molar-refractivity contribution is 6.13. The number of ether oxygens (including phenoxy) is 1. The number of nitrogens with zero attached hydrogens (tertiary/aromatic N) is 2. The van der Waals surface area contributed by atoms with Gasteiger partial charge in [-0.25, -0.2) is 4.52 Å². The molecule has 2 aromatic heterocycles. The Bertz CT molecular complexity index is 773. The van der Waals surface area contributed by atoms with Gasteiger partial charge >= 0.3 is 0 Å². The van der Waals surface area contributed by atoms with Crippen LogP contribution >= 0.6 is 0 Å². The summed E-state index contributed by atoms with van der Waals surface area (Å²) >= 11 is 0. The van der Waals surface area contributed by atoms with Gasteiger partial charge in [0.1, 0.15) is 5.75 Å². The minimum absolute atomic E-state index is 0.0340. The van der Waals surface area contributed by atoms with Crippen LogP contribution in [-0.2, 0) is 0 Å². The molecular formula is C16H14N2O2. The highest BCUT2D eigenvalue weighted by Crippen LogP contribution is 2.19. The number of pyridine rings is 1. The van der Waals surface area contributed by atoms with Gasteiger partial charge in [0.2, 0.25) is 0 Å². The average molecular weight is 266 g/mol. The van der Waals surface area contributed by atoms with Crippen molar-refractivity contribution in [3.8, 4) is 5.75 Å². The first-order valence-electron chi connectivity index (χ1n) is 6.32. The lowest BCUT2D eigenvalue weighted by Gasteiger charge is -2.02. The molecule has 4 nitrogen and oxygen atoms in total. The predicted octanol–water partition coefficient (Wildman–Crippen LogP) is 2.88. The number of carbonyl (C=O) groups excluding carboxylic acids is 1. The molecule has 0 saturated carbocycles. The summed E-state index contributed by atoms with van der Waals surface area (Å²) in [5.74, 6) is 0.700. The Morgan fingerprint density at radius 1 is 1.20 bits per heavy atom. The maximum absolute atomic E-state index is 12.5. The number of aryl methyl sites for hydroxylation is 1. The second kappa shape index (κ2) is 4.81. The van der Waals surface area contributed by atoms with Gasteiger partial charge < -0.3 is 4.74 Å². The highest BCUT2D eigenvalue weighted by atomic mass is 16.5. The number of methoxy groups -OCH3 is 1. The van der Waals surface area contributed by atoms with Gasteiger partial charge in [-0.05, 0) is 48.9 Å². The second-order valence-corrected chi connectivity index (χ2v) is 4.65. The van der Waals surface area contributed by atoms with Gasteiger partial charge in [0, 0.05) is 11.8 Å². The molecule has 0 aliphatic rings. The average Bonchev–Trinajstić information content (AvgIpc) is 2.89. The Kier molecular flexibility index (Phi) is 2.99. The van der Waals surface area contributed by atoms with E-state index in [1.54, 1.807) is 42.1 Å². The fraction of sp³-hybridized carbons (Fsp3) is 0.125. The topological polar surface area (TPSA) is 43.6 Å². The van der Waals surface area contributed by atoms with Crippen molar-refractivity contribution in [2.75, 3.05) is 7.11 Å². The number of hydrogen-bond acceptors (Lipinski definition) is 3. The van der Waals surface area contributed by atoms with Crippen molar-refractivity contribution in [3.63, 3.8) is 0 Å². The molecule has 20 heavy (non-hydrogen) atoms. The Hall–Kier alpha value is -2.62. The number of aromatic nitrogens is 2. The van der Waals surface area contributed by atoms with Gasteiger partial charge in [-0.1, -0.05) is 0 Å². The number of ketones is 1. The van der Waals surface area contributed by atoms with Crippen molar-refractivity contribution >= 4 is 11.3 Å². The zero-order chi connectivity index (χ0) is 14.1. The molecule has 0 radical (unpaired) electrons. The Labute approximate surface area is 116 Å². The third kappa shape index (κ3) is 2.05. The fourth-order valence-corrected chi connectivity index (χ4v) is 2.16. The first-order chi connectivity index (χ1) is 9.69. The molecule has 0 spiro atoms. The normalized spacial score (nSPS) is 10.7. The maximum Gasteiger partial charge on any atom is 0.196 e. The van der Waals surface area contributed by atoms with E-state index in [2.05, 4.69) is 5.10 Å². The molecule has 0 unspecified atom stereocenters. The van der Waals surface area contributed by atoms with E-state index in [0.717, 1.165) is 16.8 Å². The fourth-order valence-electron chi connectivity index (χ4n) is 2.16. The van der Waals surface area contributed by atoms with Crippen LogP contribution in [0.15, 0.2) is 48.8 Å². The molecule has 100 valence electrons. The van der Waals surface area contributed by atoms with E-state index in [9.17, 15) is 4.79 Å². The smallest absolute Gasteiger partial charge is 0.196 e. The molecule has 2 heterocycles. The molecule has 0 bridgehead atoms. The molecule has 0 aliphatic heterocycles. The third-order valence-corrected chi connectivity index (χ3v) is 3.27. The summed E-state index contributed by atoms with van der Waals surface area (Å²) < 4.78 is 6.81. The molecule has 0 N–H and O–H groups in total. The van der Waals surface area contributed by atoms with Crippen LogP contribution in [0.25, 0.3) is 5.52 Å². The lowest BCUT2D eigenvalue weighted by molar-refractivity contribution is 0.104. The first kappa shape index (κ1) is 12.4. The van der Waals surface area contributed by atoms with E-state index in [1.807, 2.05) is 25.3 Å². The number of fused-ring (bicyclic) bond motifs is 1. The molecule has 3 rings (SSSR count). The molecule has 1 aromatic carbocycles. The van der Waals surface area contributed by atoms with Crippen LogP contribution in [0.4, 0.5) is 0 Å². The Morgan fingerprint density at radius 3 is 2.65 bits per heavy atom. The molecule has 0 fully saturated rings. The molecule has 0 atom stereocenters. The SMILES string of the molecule is COc1ccc(C(=O)c2cnn3ccc(C)cc23)cc1. The Balaban J connectivity index is 2.05. The van der Waals surface area contributed by atoms with Crippen LogP contribution in [0.1, 0.15) is 21.5 Å². The predicted molar refractivity (Wildman–Crippen MR) is 76.4 cm³/mol. The summed E-state index contributed by atoms with van der Waals surface area (Å²) in [6, 6.07) is 11.0. The summed E-state index contributed by atoms with van der Waals surface area (Å²) in [4.78, 5) is 12.5. The van der Waals surface area contributed by atoms with Crippen molar-refractivity contribution < 1.29 is 9.53 Å². The molecular weight excluding hydrogens is 252 g/mol. The zero-order valence-corrected chi connectivity index (χ0v) is 11.3. The molecule has 4 heteroatoms. The summed E-state index contributed by atoms with van der Waals surface area (Å²) in [5.41, 5.74) is 3.16. The summed E-state index contributed by atoms with van der Waals surface area (Å²) in [6.45, 7) is 1.99. The van der Waals surface area contributed by atoms with Gasteiger partial charge in [-0.3, -0.25) is 4.79 Å². The molecule has 0 amide bonds. The minimum atomic E-state index is -0.0340. The van der Waals surface area contributed by atoms with Crippen molar-refractivity contribution in [1.29, 1.82) is 0 Å². The van der Waals surface area contributed by atoms with Crippen molar-refractivity contribution in [3.05, 3.63) is 65.5 Å². The van der Waals surface area contributed by atoms with E-state index in [-0.39, 0.29) is 5.78 Å². The minimum Gasteiger partial charge on any atom is -0.497 e. The zero-order valence-electron chi connectivity index (χ0n) is 11.3. The van der Waals surface area contributed by atoms with E-state index >= 15 is 0 Å². The van der Waals surface area contributed by atoms with Gasteiger partial charge in [0.05, 0.1) is 24.4 Å². The largest absolute Gasteiger partial charge is 0.497 e. The third-order valence-electron chi connectivity index (χ3n) is 3.27. The van der Waals surface area contributed by atoms with E-state index in [4.69, 9.17) is 4.74 Å². The summed E-state index contributed by atoms with van der Waals surface area (Å²) in [7, 11) is 1.60. The lowest BCUT2D eigenvalue weighted by atomic mass is 10.0. The summed E-state index contributed by atoms with van der Waals surface area (Å²) in [6.07, 6.45) is 3.47. The van der Waals surface area contributed by atoms with Crippen molar-refractivity contribution in [2.45, 2.75) is 6.92 Å². The second-order valence-electron chi connectivity index (χ2n) is 4.65. The number of hydrogen-bond donors (Lipinski definition) is 0. The van der Waals surface area contributed by atoms with Crippen molar-refractivity contribution in [2.24, 2.45) is 0 Å². The summed E-state index contributed by atoms with van der Waals surface area (Å²) in [5, 5.41) is 4.21. The molecule has 0 saturated heterocycles. The van der Waals surface area contributed by atoms with Crippen LogP contribution in [0.3, 0.4) is 0 Å². The number of carbonyl (C=O) groups is 1. The van der Waals surface area contributed by atoms with E-state index < -0.39 is 0 Å². The van der Waals surface area contributed by atoms with Crippen LogP contribution < -0.4 is 4.74 Å². The number of rotatable bonds is 3. The molecule has 0 aliphatic carbocycles. The van der Waals surface area contributed by atoms with Crippen LogP contribution in [0.2, 0.25) is 0 Å². The first-order valence-corrected chi connectivity index (χ1v) is 6.32.